The molecule has 0 fully saturated rings. The molecule has 1 amide bonds. The Morgan fingerprint density at radius 2 is 2.00 bits per heavy atom. The molecule has 1 aromatic carbocycles. The molecule has 110 valence electrons. The molecule has 0 aliphatic carbocycles. The predicted octanol–water partition coefficient (Wildman–Crippen LogP) is 2.06. The minimum Gasteiger partial charge on any atom is -0.324 e. The lowest BCUT2D eigenvalue weighted by Crippen LogP contribution is -2.29. The van der Waals surface area contributed by atoms with Crippen molar-refractivity contribution in [3.8, 4) is 0 Å². The third kappa shape index (κ3) is 3.56. The molecular formula is C16H19N3O2. The summed E-state index contributed by atoms with van der Waals surface area (Å²) in [6, 6.07) is 8.95. The number of para-hydroxylation sites is 1. The van der Waals surface area contributed by atoms with Crippen LogP contribution in [0.5, 0.6) is 0 Å². The molecule has 1 aromatic heterocycles. The third-order valence-electron chi connectivity index (χ3n) is 3.30. The van der Waals surface area contributed by atoms with E-state index in [1.807, 2.05) is 32.0 Å². The SMILES string of the molecule is CCc1cccc(C)c1NC(=O)Cn1nc(C)ccc1=O. The molecule has 0 bridgehead atoms. The third-order valence-corrected chi connectivity index (χ3v) is 3.30. The number of amides is 1. The fourth-order valence-corrected chi connectivity index (χ4v) is 2.18. The van der Waals surface area contributed by atoms with Crippen LogP contribution in [0.15, 0.2) is 35.1 Å². The number of hydrogen-bond acceptors (Lipinski definition) is 3. The Morgan fingerprint density at radius 3 is 2.71 bits per heavy atom. The maximum Gasteiger partial charge on any atom is 0.267 e. The fourth-order valence-electron chi connectivity index (χ4n) is 2.18. The minimum absolute atomic E-state index is 0.0853. The second-order valence-electron chi connectivity index (χ2n) is 4.98. The summed E-state index contributed by atoms with van der Waals surface area (Å²) in [5.41, 5.74) is 3.33. The largest absolute Gasteiger partial charge is 0.324 e. The molecule has 0 saturated heterocycles. The lowest BCUT2D eigenvalue weighted by Gasteiger charge is -2.13. The van der Waals surface area contributed by atoms with Crippen molar-refractivity contribution in [2.75, 3.05) is 5.32 Å². The van der Waals surface area contributed by atoms with Crippen LogP contribution in [0, 0.1) is 13.8 Å². The number of carbonyl (C=O) groups excluding carboxylic acids is 1. The first-order valence-corrected chi connectivity index (χ1v) is 6.94. The highest BCUT2D eigenvalue weighted by Crippen LogP contribution is 2.20. The summed E-state index contributed by atoms with van der Waals surface area (Å²) in [6.07, 6.45) is 0.833. The Hall–Kier alpha value is -2.43. The Bertz CT molecular complexity index is 720. The van der Waals surface area contributed by atoms with Gasteiger partial charge in [-0.2, -0.15) is 5.10 Å². The molecule has 0 saturated carbocycles. The average molecular weight is 285 g/mol. The molecular weight excluding hydrogens is 266 g/mol. The second-order valence-corrected chi connectivity index (χ2v) is 4.98. The highest BCUT2D eigenvalue weighted by molar-refractivity contribution is 5.92. The summed E-state index contributed by atoms with van der Waals surface area (Å²) in [6.45, 7) is 5.69. The quantitative estimate of drug-likeness (QED) is 0.935. The van der Waals surface area contributed by atoms with Gasteiger partial charge in [0.1, 0.15) is 6.54 Å². The van der Waals surface area contributed by atoms with Crippen LogP contribution in [-0.4, -0.2) is 15.7 Å². The lowest BCUT2D eigenvalue weighted by atomic mass is 10.1. The van der Waals surface area contributed by atoms with Crippen LogP contribution in [0.2, 0.25) is 0 Å². The smallest absolute Gasteiger partial charge is 0.267 e. The zero-order valence-electron chi connectivity index (χ0n) is 12.5. The highest BCUT2D eigenvalue weighted by atomic mass is 16.2. The Balaban J connectivity index is 2.19. The van der Waals surface area contributed by atoms with E-state index in [1.54, 1.807) is 13.0 Å². The van der Waals surface area contributed by atoms with E-state index in [0.717, 1.165) is 23.2 Å². The van der Waals surface area contributed by atoms with Gasteiger partial charge in [0.2, 0.25) is 5.91 Å². The first-order chi connectivity index (χ1) is 10.0. The van der Waals surface area contributed by atoms with Crippen LogP contribution < -0.4 is 10.9 Å². The van der Waals surface area contributed by atoms with E-state index in [1.165, 1.54) is 10.7 Å². The van der Waals surface area contributed by atoms with Gasteiger partial charge in [0.15, 0.2) is 0 Å². The van der Waals surface area contributed by atoms with E-state index < -0.39 is 0 Å². The number of nitrogens with one attached hydrogen (secondary N) is 1. The fraction of sp³-hybridized carbons (Fsp3) is 0.312. The first kappa shape index (κ1) is 15.0. The highest BCUT2D eigenvalue weighted by Gasteiger charge is 2.10. The van der Waals surface area contributed by atoms with Crippen LogP contribution >= 0.6 is 0 Å². The number of aryl methyl sites for hydroxylation is 3. The molecule has 0 unspecified atom stereocenters. The van der Waals surface area contributed by atoms with E-state index in [2.05, 4.69) is 10.4 Å². The van der Waals surface area contributed by atoms with E-state index in [9.17, 15) is 9.59 Å². The zero-order valence-corrected chi connectivity index (χ0v) is 12.5. The van der Waals surface area contributed by atoms with Crippen molar-refractivity contribution in [2.24, 2.45) is 0 Å². The molecule has 21 heavy (non-hydrogen) atoms. The number of benzene rings is 1. The summed E-state index contributed by atoms with van der Waals surface area (Å²) in [7, 11) is 0. The van der Waals surface area contributed by atoms with Gasteiger partial charge in [-0.1, -0.05) is 25.1 Å². The van der Waals surface area contributed by atoms with Gasteiger partial charge in [0.05, 0.1) is 5.69 Å². The zero-order chi connectivity index (χ0) is 15.4. The number of anilines is 1. The molecule has 0 spiro atoms. The molecule has 0 aliphatic heterocycles. The standard InChI is InChI=1S/C16H19N3O2/c1-4-13-7-5-6-11(2)16(13)17-14(20)10-19-15(21)9-8-12(3)18-19/h5-9H,4,10H2,1-3H3,(H,17,20). The molecule has 5 heteroatoms. The van der Waals surface area contributed by atoms with Crippen molar-refractivity contribution in [1.29, 1.82) is 0 Å². The topological polar surface area (TPSA) is 64.0 Å². The Kier molecular flexibility index (Phi) is 4.52. The van der Waals surface area contributed by atoms with Gasteiger partial charge in [0.25, 0.3) is 5.56 Å². The van der Waals surface area contributed by atoms with E-state index in [0.29, 0.717) is 5.69 Å². The van der Waals surface area contributed by atoms with Crippen molar-refractivity contribution in [3.05, 3.63) is 57.5 Å². The summed E-state index contributed by atoms with van der Waals surface area (Å²) in [5, 5.41) is 6.95. The van der Waals surface area contributed by atoms with Gasteiger partial charge in [-0.05, 0) is 37.5 Å². The van der Waals surface area contributed by atoms with Gasteiger partial charge < -0.3 is 5.32 Å². The second kappa shape index (κ2) is 6.35. The number of aromatic nitrogens is 2. The van der Waals surface area contributed by atoms with Crippen molar-refractivity contribution in [3.63, 3.8) is 0 Å². The molecule has 2 aromatic rings. The molecule has 0 aliphatic rings. The number of carbonyl (C=O) groups is 1. The summed E-state index contributed by atoms with van der Waals surface area (Å²) >= 11 is 0. The molecule has 0 atom stereocenters. The van der Waals surface area contributed by atoms with Crippen molar-refractivity contribution in [1.82, 2.24) is 9.78 Å². The van der Waals surface area contributed by atoms with Crippen LogP contribution in [0.3, 0.4) is 0 Å². The minimum atomic E-state index is -0.281. The maximum atomic E-state index is 12.2. The van der Waals surface area contributed by atoms with E-state index in [4.69, 9.17) is 0 Å². The normalized spacial score (nSPS) is 10.4. The van der Waals surface area contributed by atoms with Crippen molar-refractivity contribution in [2.45, 2.75) is 33.7 Å². The predicted molar refractivity (Wildman–Crippen MR) is 82.4 cm³/mol. The van der Waals surface area contributed by atoms with E-state index >= 15 is 0 Å². The number of nitrogens with zero attached hydrogens (tertiary/aromatic N) is 2. The Morgan fingerprint density at radius 1 is 1.24 bits per heavy atom. The summed E-state index contributed by atoms with van der Waals surface area (Å²) in [4.78, 5) is 23.8. The van der Waals surface area contributed by atoms with Crippen molar-refractivity contribution >= 4 is 11.6 Å². The molecule has 1 N–H and O–H groups in total. The van der Waals surface area contributed by atoms with Gasteiger partial charge >= 0.3 is 0 Å². The maximum absolute atomic E-state index is 12.2. The van der Waals surface area contributed by atoms with Crippen LogP contribution in [0.25, 0.3) is 0 Å². The molecule has 1 heterocycles. The summed E-state index contributed by atoms with van der Waals surface area (Å²) in [5.74, 6) is -0.251. The van der Waals surface area contributed by atoms with Crippen LogP contribution in [0.4, 0.5) is 5.69 Å². The van der Waals surface area contributed by atoms with Crippen LogP contribution in [0.1, 0.15) is 23.7 Å². The summed E-state index contributed by atoms with van der Waals surface area (Å²) < 4.78 is 1.18. The Labute approximate surface area is 123 Å². The van der Waals surface area contributed by atoms with Gasteiger partial charge in [-0.25, -0.2) is 4.68 Å². The molecule has 5 nitrogen and oxygen atoms in total. The average Bonchev–Trinajstić information content (AvgIpc) is 2.45. The number of hydrogen-bond donors (Lipinski definition) is 1. The van der Waals surface area contributed by atoms with Gasteiger partial charge in [-0.15, -0.1) is 0 Å². The lowest BCUT2D eigenvalue weighted by molar-refractivity contribution is -0.117. The molecule has 2 rings (SSSR count). The first-order valence-electron chi connectivity index (χ1n) is 6.94. The number of rotatable bonds is 4. The van der Waals surface area contributed by atoms with Gasteiger partial charge in [-0.3, -0.25) is 9.59 Å². The van der Waals surface area contributed by atoms with Gasteiger partial charge in [0, 0.05) is 11.8 Å². The molecule has 0 radical (unpaired) electrons. The monoisotopic (exact) mass is 285 g/mol. The van der Waals surface area contributed by atoms with Crippen LogP contribution in [-0.2, 0) is 17.8 Å². The van der Waals surface area contributed by atoms with E-state index in [-0.39, 0.29) is 18.0 Å². The van der Waals surface area contributed by atoms with Crippen molar-refractivity contribution < 1.29 is 4.79 Å².